The van der Waals surface area contributed by atoms with E-state index in [1.165, 1.54) is 10.7 Å². The van der Waals surface area contributed by atoms with Crippen LogP contribution in [-0.4, -0.2) is 15.6 Å². The highest BCUT2D eigenvalue weighted by Gasteiger charge is 2.14. The van der Waals surface area contributed by atoms with Gasteiger partial charge >= 0.3 is 0 Å². The first-order valence-electron chi connectivity index (χ1n) is 4.65. The number of aromatic nitrogens is 2. The van der Waals surface area contributed by atoms with Crippen LogP contribution in [-0.2, 0) is 4.79 Å². The quantitative estimate of drug-likeness (QED) is 0.723. The molecule has 0 aliphatic carbocycles. The van der Waals surface area contributed by atoms with Crippen LogP contribution >= 0.6 is 0 Å². The monoisotopic (exact) mass is 194 g/mol. The third-order valence-corrected chi connectivity index (χ3v) is 2.14. The molecule has 1 heterocycles. The molecule has 0 aliphatic rings. The fourth-order valence-electron chi connectivity index (χ4n) is 1.23. The van der Waals surface area contributed by atoms with E-state index in [9.17, 15) is 9.59 Å². The van der Waals surface area contributed by atoms with Gasteiger partial charge in [-0.25, -0.2) is 4.68 Å². The van der Waals surface area contributed by atoms with Gasteiger partial charge in [0.05, 0.1) is 5.69 Å². The molecule has 0 amide bonds. The lowest BCUT2D eigenvalue weighted by Gasteiger charge is -2.11. The maximum atomic E-state index is 11.4. The van der Waals surface area contributed by atoms with Crippen molar-refractivity contribution in [2.75, 3.05) is 0 Å². The molecular weight excluding hydrogens is 180 g/mol. The highest BCUT2D eigenvalue weighted by atomic mass is 16.1. The van der Waals surface area contributed by atoms with Crippen molar-refractivity contribution in [3.63, 3.8) is 0 Å². The standard InChI is InChI=1S/C10H14N2O2/c1-4-9(13)8(3)12-10(14)6-5-7(2)11-12/h5-6,8H,4H2,1-3H3. The van der Waals surface area contributed by atoms with Crippen LogP contribution in [0.1, 0.15) is 32.0 Å². The van der Waals surface area contributed by atoms with Gasteiger partial charge in [0, 0.05) is 12.5 Å². The van der Waals surface area contributed by atoms with Gasteiger partial charge in [0.25, 0.3) is 5.56 Å². The summed E-state index contributed by atoms with van der Waals surface area (Å²) in [6.45, 7) is 5.26. The molecule has 0 spiro atoms. The summed E-state index contributed by atoms with van der Waals surface area (Å²) < 4.78 is 1.24. The third kappa shape index (κ3) is 2.07. The summed E-state index contributed by atoms with van der Waals surface area (Å²) in [5, 5.41) is 4.03. The van der Waals surface area contributed by atoms with Crippen molar-refractivity contribution >= 4 is 5.78 Å². The Kier molecular flexibility index (Phi) is 3.17. The summed E-state index contributed by atoms with van der Waals surface area (Å²) in [6, 6.07) is 2.61. The van der Waals surface area contributed by atoms with Crippen molar-refractivity contribution in [3.8, 4) is 0 Å². The second-order valence-corrected chi connectivity index (χ2v) is 3.25. The molecule has 0 fully saturated rings. The summed E-state index contributed by atoms with van der Waals surface area (Å²) in [4.78, 5) is 22.8. The number of carbonyl (C=O) groups is 1. The highest BCUT2D eigenvalue weighted by Crippen LogP contribution is 2.04. The summed E-state index contributed by atoms with van der Waals surface area (Å²) in [5.41, 5.74) is 0.505. The van der Waals surface area contributed by atoms with Crippen molar-refractivity contribution < 1.29 is 4.79 Å². The molecule has 0 radical (unpaired) electrons. The summed E-state index contributed by atoms with van der Waals surface area (Å²) >= 11 is 0. The molecule has 0 saturated heterocycles. The number of rotatable bonds is 3. The summed E-state index contributed by atoms with van der Waals surface area (Å²) in [6.07, 6.45) is 0.420. The van der Waals surface area contributed by atoms with E-state index in [4.69, 9.17) is 0 Å². The Labute approximate surface area is 82.6 Å². The van der Waals surface area contributed by atoms with Crippen molar-refractivity contribution in [2.24, 2.45) is 0 Å². The number of hydrogen-bond donors (Lipinski definition) is 0. The van der Waals surface area contributed by atoms with Gasteiger partial charge in [0.15, 0.2) is 5.78 Å². The van der Waals surface area contributed by atoms with E-state index in [2.05, 4.69) is 5.10 Å². The van der Waals surface area contributed by atoms with Gasteiger partial charge in [0.2, 0.25) is 0 Å². The van der Waals surface area contributed by atoms with Crippen LogP contribution in [0.5, 0.6) is 0 Å². The van der Waals surface area contributed by atoms with E-state index in [0.717, 1.165) is 5.69 Å². The lowest BCUT2D eigenvalue weighted by Crippen LogP contribution is -2.29. The van der Waals surface area contributed by atoms with Crippen LogP contribution in [0.25, 0.3) is 0 Å². The van der Waals surface area contributed by atoms with Gasteiger partial charge in [0.1, 0.15) is 6.04 Å². The predicted octanol–water partition coefficient (Wildman–Crippen LogP) is 1.09. The number of carbonyl (C=O) groups excluding carboxylic acids is 1. The third-order valence-electron chi connectivity index (χ3n) is 2.14. The number of hydrogen-bond acceptors (Lipinski definition) is 3. The van der Waals surface area contributed by atoms with Crippen molar-refractivity contribution in [1.29, 1.82) is 0 Å². The molecule has 14 heavy (non-hydrogen) atoms. The maximum absolute atomic E-state index is 11.4. The van der Waals surface area contributed by atoms with Gasteiger partial charge in [-0.3, -0.25) is 9.59 Å². The molecule has 0 aliphatic heterocycles. The zero-order valence-electron chi connectivity index (χ0n) is 8.65. The normalized spacial score (nSPS) is 12.5. The Bertz CT molecular complexity index is 395. The van der Waals surface area contributed by atoms with Crippen LogP contribution in [0.2, 0.25) is 0 Å². The Hall–Kier alpha value is -1.45. The molecule has 1 aromatic heterocycles. The fraction of sp³-hybridized carbons (Fsp3) is 0.500. The highest BCUT2D eigenvalue weighted by molar-refractivity contribution is 5.81. The van der Waals surface area contributed by atoms with E-state index in [1.807, 2.05) is 0 Å². The minimum absolute atomic E-state index is 0.0187. The van der Waals surface area contributed by atoms with Crippen LogP contribution in [0, 0.1) is 6.92 Å². The molecule has 1 atom stereocenters. The van der Waals surface area contributed by atoms with E-state index >= 15 is 0 Å². The lowest BCUT2D eigenvalue weighted by atomic mass is 10.2. The molecule has 1 aromatic rings. The van der Waals surface area contributed by atoms with Crippen LogP contribution in [0.4, 0.5) is 0 Å². The molecule has 0 bridgehead atoms. The topological polar surface area (TPSA) is 52.0 Å². The number of nitrogens with zero attached hydrogens (tertiary/aromatic N) is 2. The minimum Gasteiger partial charge on any atom is -0.297 e. The van der Waals surface area contributed by atoms with Crippen LogP contribution < -0.4 is 5.56 Å². The summed E-state index contributed by atoms with van der Waals surface area (Å²) in [5.74, 6) is 0.0187. The molecule has 0 aromatic carbocycles. The zero-order chi connectivity index (χ0) is 10.7. The van der Waals surface area contributed by atoms with Gasteiger partial charge in [-0.15, -0.1) is 0 Å². The molecule has 4 nitrogen and oxygen atoms in total. The van der Waals surface area contributed by atoms with Gasteiger partial charge in [-0.2, -0.15) is 5.10 Å². The second-order valence-electron chi connectivity index (χ2n) is 3.25. The molecule has 76 valence electrons. The van der Waals surface area contributed by atoms with Crippen molar-refractivity contribution in [3.05, 3.63) is 28.2 Å². The average molecular weight is 194 g/mol. The molecular formula is C10H14N2O2. The van der Waals surface area contributed by atoms with Gasteiger partial charge < -0.3 is 0 Å². The first kappa shape index (κ1) is 10.6. The number of aryl methyl sites for hydroxylation is 1. The largest absolute Gasteiger partial charge is 0.297 e. The van der Waals surface area contributed by atoms with Crippen molar-refractivity contribution in [2.45, 2.75) is 33.2 Å². The predicted molar refractivity (Wildman–Crippen MR) is 53.2 cm³/mol. The van der Waals surface area contributed by atoms with Crippen molar-refractivity contribution in [1.82, 2.24) is 9.78 Å². The maximum Gasteiger partial charge on any atom is 0.267 e. The smallest absolute Gasteiger partial charge is 0.267 e. The Morgan fingerprint density at radius 1 is 1.57 bits per heavy atom. The van der Waals surface area contributed by atoms with E-state index in [0.29, 0.717) is 6.42 Å². The average Bonchev–Trinajstić information content (AvgIpc) is 2.19. The first-order valence-corrected chi connectivity index (χ1v) is 4.65. The van der Waals surface area contributed by atoms with E-state index in [1.54, 1.807) is 26.8 Å². The Balaban J connectivity index is 3.12. The van der Waals surface area contributed by atoms with Gasteiger partial charge in [-0.1, -0.05) is 6.92 Å². The molecule has 0 N–H and O–H groups in total. The van der Waals surface area contributed by atoms with E-state index < -0.39 is 6.04 Å². The lowest BCUT2D eigenvalue weighted by molar-refractivity contribution is -0.121. The first-order chi connectivity index (χ1) is 6.56. The molecule has 1 rings (SSSR count). The fourth-order valence-corrected chi connectivity index (χ4v) is 1.23. The second kappa shape index (κ2) is 4.17. The minimum atomic E-state index is -0.465. The number of ketones is 1. The molecule has 4 heteroatoms. The van der Waals surface area contributed by atoms with Crippen LogP contribution in [0.15, 0.2) is 16.9 Å². The molecule has 0 saturated carbocycles. The SMILES string of the molecule is CCC(=O)C(C)n1nc(C)ccc1=O. The zero-order valence-corrected chi connectivity index (χ0v) is 8.65. The summed E-state index contributed by atoms with van der Waals surface area (Å²) in [7, 11) is 0. The van der Waals surface area contributed by atoms with E-state index in [-0.39, 0.29) is 11.3 Å². The number of Topliss-reactive ketones (excluding diaryl/α,β-unsaturated/α-hetero) is 1. The Morgan fingerprint density at radius 3 is 2.79 bits per heavy atom. The molecule has 1 unspecified atom stereocenters. The Morgan fingerprint density at radius 2 is 2.21 bits per heavy atom. The van der Waals surface area contributed by atoms with Crippen LogP contribution in [0.3, 0.4) is 0 Å². The van der Waals surface area contributed by atoms with Gasteiger partial charge in [-0.05, 0) is 19.9 Å².